The van der Waals surface area contributed by atoms with E-state index in [9.17, 15) is 4.79 Å². The zero-order chi connectivity index (χ0) is 19.3. The summed E-state index contributed by atoms with van der Waals surface area (Å²) in [7, 11) is 10.4. The Kier molecular flexibility index (Phi) is 6.33. The van der Waals surface area contributed by atoms with Gasteiger partial charge in [-0.25, -0.2) is 0 Å². The minimum atomic E-state index is -0.124. The quantitative estimate of drug-likeness (QED) is 0.761. The molecule has 2 aromatic carbocycles. The molecule has 0 bridgehead atoms. The molecule has 6 heteroatoms. The zero-order valence-corrected chi connectivity index (χ0v) is 16.2. The molecule has 6 nitrogen and oxygen atoms in total. The van der Waals surface area contributed by atoms with Gasteiger partial charge in [-0.2, -0.15) is 0 Å². The van der Waals surface area contributed by atoms with E-state index in [1.54, 1.807) is 24.1 Å². The van der Waals surface area contributed by atoms with E-state index >= 15 is 0 Å². The van der Waals surface area contributed by atoms with E-state index in [-0.39, 0.29) is 5.91 Å². The number of amides is 1. The predicted molar refractivity (Wildman–Crippen MR) is 103 cm³/mol. The third-order valence-corrected chi connectivity index (χ3v) is 4.13. The summed E-state index contributed by atoms with van der Waals surface area (Å²) >= 11 is 0. The maximum absolute atomic E-state index is 12.8. The molecule has 1 amide bonds. The molecule has 2 aromatic rings. The molecule has 0 heterocycles. The Balaban J connectivity index is 2.22. The molecule has 26 heavy (non-hydrogen) atoms. The molecule has 0 N–H and O–H groups in total. The Morgan fingerprint density at radius 1 is 0.885 bits per heavy atom. The number of hydrogen-bond donors (Lipinski definition) is 0. The number of anilines is 1. The third-order valence-electron chi connectivity index (χ3n) is 4.13. The summed E-state index contributed by atoms with van der Waals surface area (Å²) < 4.78 is 15.9. The summed E-state index contributed by atoms with van der Waals surface area (Å²) in [6, 6.07) is 11.4. The highest BCUT2D eigenvalue weighted by Gasteiger charge is 2.19. The van der Waals surface area contributed by atoms with Gasteiger partial charge in [0.2, 0.25) is 5.75 Å². The van der Waals surface area contributed by atoms with Crippen molar-refractivity contribution in [3.8, 4) is 17.2 Å². The van der Waals surface area contributed by atoms with Crippen LogP contribution in [0.15, 0.2) is 36.4 Å². The van der Waals surface area contributed by atoms with E-state index in [1.807, 2.05) is 43.3 Å². The Bertz CT molecular complexity index is 732. The van der Waals surface area contributed by atoms with Crippen molar-refractivity contribution in [2.75, 3.05) is 47.4 Å². The van der Waals surface area contributed by atoms with Crippen molar-refractivity contribution in [3.05, 3.63) is 47.5 Å². The lowest BCUT2D eigenvalue weighted by Crippen LogP contribution is -2.26. The predicted octanol–water partition coefficient (Wildman–Crippen LogP) is 3.05. The molecule has 0 aliphatic rings. The summed E-state index contributed by atoms with van der Waals surface area (Å²) in [6.45, 7) is 0.503. The van der Waals surface area contributed by atoms with Crippen molar-refractivity contribution in [3.63, 3.8) is 0 Å². The van der Waals surface area contributed by atoms with Crippen LogP contribution in [-0.2, 0) is 6.54 Å². The number of nitrogens with zero attached hydrogens (tertiary/aromatic N) is 2. The number of benzene rings is 2. The van der Waals surface area contributed by atoms with Gasteiger partial charge in [0, 0.05) is 38.9 Å². The number of carbonyl (C=O) groups is 1. The van der Waals surface area contributed by atoms with E-state index in [2.05, 4.69) is 0 Å². The first-order valence-corrected chi connectivity index (χ1v) is 8.23. The normalized spacial score (nSPS) is 10.2. The number of methoxy groups -OCH3 is 3. The summed E-state index contributed by atoms with van der Waals surface area (Å²) in [5, 5.41) is 0. The first kappa shape index (κ1) is 19.4. The van der Waals surface area contributed by atoms with Crippen LogP contribution in [-0.4, -0.2) is 53.3 Å². The van der Waals surface area contributed by atoms with Gasteiger partial charge >= 0.3 is 0 Å². The van der Waals surface area contributed by atoms with Crippen LogP contribution in [0.25, 0.3) is 0 Å². The van der Waals surface area contributed by atoms with Crippen molar-refractivity contribution < 1.29 is 19.0 Å². The Labute approximate surface area is 154 Å². The second kappa shape index (κ2) is 8.47. The fraction of sp³-hybridized carbons (Fsp3) is 0.350. The number of carbonyl (C=O) groups excluding carboxylic acids is 1. The SMILES string of the molecule is COc1cc(C(=O)N(C)Cc2ccc(N(C)C)cc2)cc(OC)c1OC. The number of rotatable bonds is 7. The lowest BCUT2D eigenvalue weighted by molar-refractivity contribution is 0.0784. The average Bonchev–Trinajstić information content (AvgIpc) is 2.66. The molecule has 0 atom stereocenters. The molecule has 0 spiro atoms. The molecule has 0 saturated heterocycles. The fourth-order valence-electron chi connectivity index (χ4n) is 2.67. The summed E-state index contributed by atoms with van der Waals surface area (Å²) in [5.41, 5.74) is 2.65. The highest BCUT2D eigenvalue weighted by molar-refractivity contribution is 5.95. The van der Waals surface area contributed by atoms with Crippen molar-refractivity contribution in [1.29, 1.82) is 0 Å². The van der Waals surface area contributed by atoms with Gasteiger partial charge in [-0.3, -0.25) is 4.79 Å². The van der Waals surface area contributed by atoms with Gasteiger partial charge in [0.05, 0.1) is 21.3 Å². The van der Waals surface area contributed by atoms with Crippen molar-refractivity contribution >= 4 is 11.6 Å². The van der Waals surface area contributed by atoms with Crippen LogP contribution in [0.3, 0.4) is 0 Å². The van der Waals surface area contributed by atoms with Crippen molar-refractivity contribution in [1.82, 2.24) is 4.90 Å². The molecular weight excluding hydrogens is 332 g/mol. The van der Waals surface area contributed by atoms with Crippen LogP contribution >= 0.6 is 0 Å². The van der Waals surface area contributed by atoms with Crippen LogP contribution in [0.4, 0.5) is 5.69 Å². The van der Waals surface area contributed by atoms with Crippen LogP contribution in [0.2, 0.25) is 0 Å². The maximum Gasteiger partial charge on any atom is 0.254 e. The van der Waals surface area contributed by atoms with E-state index < -0.39 is 0 Å². The molecule has 0 aromatic heterocycles. The largest absolute Gasteiger partial charge is 0.493 e. The Morgan fingerprint density at radius 2 is 1.42 bits per heavy atom. The third kappa shape index (κ3) is 4.20. The average molecular weight is 358 g/mol. The van der Waals surface area contributed by atoms with Crippen molar-refractivity contribution in [2.45, 2.75) is 6.54 Å². The molecular formula is C20H26N2O4. The first-order valence-electron chi connectivity index (χ1n) is 8.23. The molecule has 0 radical (unpaired) electrons. The lowest BCUT2D eigenvalue weighted by atomic mass is 10.1. The van der Waals surface area contributed by atoms with Gasteiger partial charge in [0.25, 0.3) is 5.91 Å². The van der Waals surface area contributed by atoms with Gasteiger partial charge in [0.15, 0.2) is 11.5 Å². The van der Waals surface area contributed by atoms with Crippen LogP contribution in [0.5, 0.6) is 17.2 Å². The standard InChI is InChI=1S/C20H26N2O4/c1-21(2)16-9-7-14(8-10-16)13-22(3)20(23)15-11-17(24-4)19(26-6)18(12-15)25-5/h7-12H,13H2,1-6H3. The smallest absolute Gasteiger partial charge is 0.254 e. The molecule has 0 fully saturated rings. The Morgan fingerprint density at radius 3 is 1.85 bits per heavy atom. The van der Waals surface area contributed by atoms with Crippen LogP contribution in [0.1, 0.15) is 15.9 Å². The van der Waals surface area contributed by atoms with E-state index in [0.717, 1.165) is 11.3 Å². The molecule has 0 saturated carbocycles. The zero-order valence-electron chi connectivity index (χ0n) is 16.2. The summed E-state index contributed by atoms with van der Waals surface area (Å²) in [6.07, 6.45) is 0. The molecule has 140 valence electrons. The van der Waals surface area contributed by atoms with Gasteiger partial charge in [0.1, 0.15) is 0 Å². The molecule has 0 unspecified atom stereocenters. The monoisotopic (exact) mass is 358 g/mol. The molecule has 0 aliphatic heterocycles. The van der Waals surface area contributed by atoms with Gasteiger partial charge in [-0.1, -0.05) is 12.1 Å². The highest BCUT2D eigenvalue weighted by atomic mass is 16.5. The topological polar surface area (TPSA) is 51.2 Å². The Hall–Kier alpha value is -2.89. The summed E-state index contributed by atoms with van der Waals surface area (Å²) in [5.74, 6) is 1.26. The fourth-order valence-corrected chi connectivity index (χ4v) is 2.67. The van der Waals surface area contributed by atoms with E-state index in [4.69, 9.17) is 14.2 Å². The number of hydrogen-bond acceptors (Lipinski definition) is 5. The van der Waals surface area contributed by atoms with Gasteiger partial charge in [-0.15, -0.1) is 0 Å². The van der Waals surface area contributed by atoms with Crippen LogP contribution < -0.4 is 19.1 Å². The second-order valence-corrected chi connectivity index (χ2v) is 6.14. The second-order valence-electron chi connectivity index (χ2n) is 6.14. The maximum atomic E-state index is 12.8. The van der Waals surface area contributed by atoms with E-state index in [0.29, 0.717) is 29.4 Å². The lowest BCUT2D eigenvalue weighted by Gasteiger charge is -2.20. The summed E-state index contributed by atoms with van der Waals surface area (Å²) in [4.78, 5) is 16.5. The molecule has 0 aliphatic carbocycles. The minimum Gasteiger partial charge on any atom is -0.493 e. The van der Waals surface area contributed by atoms with E-state index in [1.165, 1.54) is 21.3 Å². The van der Waals surface area contributed by atoms with Gasteiger partial charge in [-0.05, 0) is 29.8 Å². The van der Waals surface area contributed by atoms with Gasteiger partial charge < -0.3 is 24.0 Å². The van der Waals surface area contributed by atoms with Crippen LogP contribution in [0, 0.1) is 0 Å². The minimum absolute atomic E-state index is 0.124. The first-order chi connectivity index (χ1) is 12.4. The molecule has 2 rings (SSSR count). The highest BCUT2D eigenvalue weighted by Crippen LogP contribution is 2.38. The van der Waals surface area contributed by atoms with Crippen molar-refractivity contribution in [2.24, 2.45) is 0 Å². The number of ether oxygens (including phenoxy) is 3.